The number of ether oxygens (including phenoxy) is 1. The SMILES string of the molecule is COC(=O)c1nc(C2CCNCC2)n2cc(Cl)ccc12. The number of hydrogen-bond donors (Lipinski definition) is 1. The first-order valence-electron chi connectivity index (χ1n) is 6.67. The zero-order valence-corrected chi connectivity index (χ0v) is 12.0. The standard InChI is InChI=1S/C14H16ClN3O2/c1-20-14(19)12-11-3-2-10(15)8-18(11)13(17-12)9-4-6-16-7-5-9/h2-3,8-9,16H,4-7H2,1H3. The van der Waals surface area contributed by atoms with Crippen LogP contribution in [0, 0.1) is 0 Å². The van der Waals surface area contributed by atoms with Gasteiger partial charge in [0.15, 0.2) is 5.69 Å². The Morgan fingerprint density at radius 2 is 2.20 bits per heavy atom. The summed E-state index contributed by atoms with van der Waals surface area (Å²) >= 11 is 6.08. The van der Waals surface area contributed by atoms with E-state index in [0.717, 1.165) is 37.3 Å². The number of rotatable bonds is 2. The molecule has 1 saturated heterocycles. The zero-order chi connectivity index (χ0) is 14.1. The number of piperidine rings is 1. The van der Waals surface area contributed by atoms with E-state index in [9.17, 15) is 4.79 Å². The van der Waals surface area contributed by atoms with Gasteiger partial charge in [0.25, 0.3) is 0 Å². The number of pyridine rings is 1. The highest BCUT2D eigenvalue weighted by Gasteiger charge is 2.24. The van der Waals surface area contributed by atoms with Gasteiger partial charge in [-0.2, -0.15) is 0 Å². The number of imidazole rings is 1. The van der Waals surface area contributed by atoms with Crippen molar-refractivity contribution in [2.24, 2.45) is 0 Å². The summed E-state index contributed by atoms with van der Waals surface area (Å²) in [7, 11) is 1.37. The van der Waals surface area contributed by atoms with Gasteiger partial charge in [-0.25, -0.2) is 9.78 Å². The topological polar surface area (TPSA) is 55.6 Å². The molecular weight excluding hydrogens is 278 g/mol. The molecule has 0 unspecified atom stereocenters. The Labute approximate surface area is 121 Å². The van der Waals surface area contributed by atoms with Crippen LogP contribution in [-0.2, 0) is 4.74 Å². The Hall–Kier alpha value is -1.59. The van der Waals surface area contributed by atoms with E-state index >= 15 is 0 Å². The fourth-order valence-electron chi connectivity index (χ4n) is 2.70. The first-order chi connectivity index (χ1) is 9.70. The number of carbonyl (C=O) groups is 1. The Bertz CT molecular complexity index is 647. The predicted molar refractivity (Wildman–Crippen MR) is 76.4 cm³/mol. The molecule has 0 spiro atoms. The lowest BCUT2D eigenvalue weighted by Gasteiger charge is -2.21. The highest BCUT2D eigenvalue weighted by atomic mass is 35.5. The van der Waals surface area contributed by atoms with Crippen molar-refractivity contribution in [2.45, 2.75) is 18.8 Å². The summed E-state index contributed by atoms with van der Waals surface area (Å²) in [6.07, 6.45) is 3.83. The lowest BCUT2D eigenvalue weighted by Crippen LogP contribution is -2.27. The highest BCUT2D eigenvalue weighted by molar-refractivity contribution is 6.30. The van der Waals surface area contributed by atoms with Gasteiger partial charge in [-0.1, -0.05) is 11.6 Å². The van der Waals surface area contributed by atoms with Gasteiger partial charge in [0.05, 0.1) is 17.6 Å². The number of carbonyl (C=O) groups excluding carboxylic acids is 1. The smallest absolute Gasteiger partial charge is 0.358 e. The third-order valence-corrected chi connectivity index (χ3v) is 3.93. The molecule has 0 bridgehead atoms. The van der Waals surface area contributed by atoms with Crippen LogP contribution < -0.4 is 5.32 Å². The van der Waals surface area contributed by atoms with Gasteiger partial charge in [0.1, 0.15) is 5.82 Å². The maximum absolute atomic E-state index is 11.9. The molecule has 0 amide bonds. The highest BCUT2D eigenvalue weighted by Crippen LogP contribution is 2.28. The predicted octanol–water partition coefficient (Wildman–Crippen LogP) is 2.24. The maximum atomic E-state index is 11.9. The lowest BCUT2D eigenvalue weighted by atomic mass is 9.97. The molecular formula is C14H16ClN3O2. The Balaban J connectivity index is 2.15. The second-order valence-corrected chi connectivity index (χ2v) is 5.37. The molecule has 0 saturated carbocycles. The van der Waals surface area contributed by atoms with Gasteiger partial charge in [-0.15, -0.1) is 0 Å². The van der Waals surface area contributed by atoms with E-state index in [4.69, 9.17) is 16.3 Å². The Morgan fingerprint density at radius 3 is 2.90 bits per heavy atom. The van der Waals surface area contributed by atoms with Crippen LogP contribution in [0.3, 0.4) is 0 Å². The summed E-state index contributed by atoms with van der Waals surface area (Å²) < 4.78 is 6.74. The van der Waals surface area contributed by atoms with Crippen LogP contribution in [0.4, 0.5) is 0 Å². The average Bonchev–Trinajstić information content (AvgIpc) is 2.86. The average molecular weight is 294 g/mol. The number of aromatic nitrogens is 2. The minimum atomic E-state index is -0.412. The van der Waals surface area contributed by atoms with Crippen LogP contribution in [-0.4, -0.2) is 35.6 Å². The van der Waals surface area contributed by atoms with Crippen molar-refractivity contribution in [1.82, 2.24) is 14.7 Å². The van der Waals surface area contributed by atoms with Gasteiger partial charge in [-0.05, 0) is 38.1 Å². The first kappa shape index (κ1) is 13.4. The number of hydrogen-bond acceptors (Lipinski definition) is 4. The summed E-state index contributed by atoms with van der Waals surface area (Å²) in [6.45, 7) is 1.93. The Morgan fingerprint density at radius 1 is 1.45 bits per heavy atom. The second kappa shape index (κ2) is 5.42. The largest absolute Gasteiger partial charge is 0.464 e. The van der Waals surface area contributed by atoms with E-state index in [1.165, 1.54) is 7.11 Å². The summed E-state index contributed by atoms with van der Waals surface area (Å²) in [6, 6.07) is 3.57. The van der Waals surface area contributed by atoms with Gasteiger partial charge in [-0.3, -0.25) is 0 Å². The second-order valence-electron chi connectivity index (χ2n) is 4.94. The molecule has 2 aromatic heterocycles. The van der Waals surface area contributed by atoms with Crippen LogP contribution >= 0.6 is 11.6 Å². The minimum absolute atomic E-state index is 0.334. The Kier molecular flexibility index (Phi) is 3.63. The van der Waals surface area contributed by atoms with Crippen molar-refractivity contribution >= 4 is 23.1 Å². The van der Waals surface area contributed by atoms with Gasteiger partial charge < -0.3 is 14.5 Å². The van der Waals surface area contributed by atoms with Crippen molar-refractivity contribution in [1.29, 1.82) is 0 Å². The van der Waals surface area contributed by atoms with E-state index < -0.39 is 5.97 Å². The van der Waals surface area contributed by atoms with Crippen LogP contribution in [0.5, 0.6) is 0 Å². The van der Waals surface area contributed by atoms with Gasteiger partial charge in [0, 0.05) is 12.1 Å². The zero-order valence-electron chi connectivity index (χ0n) is 11.2. The molecule has 1 N–H and O–H groups in total. The molecule has 0 radical (unpaired) electrons. The summed E-state index contributed by atoms with van der Waals surface area (Å²) in [4.78, 5) is 16.4. The molecule has 1 fully saturated rings. The number of halogens is 1. The summed E-state index contributed by atoms with van der Waals surface area (Å²) in [5, 5.41) is 3.96. The molecule has 0 aliphatic carbocycles. The van der Waals surface area contributed by atoms with Crippen LogP contribution in [0.1, 0.15) is 35.1 Å². The molecule has 0 aromatic carbocycles. The number of esters is 1. The molecule has 5 nitrogen and oxygen atoms in total. The minimum Gasteiger partial charge on any atom is -0.464 e. The molecule has 1 aliphatic heterocycles. The van der Waals surface area contributed by atoms with Crippen molar-refractivity contribution in [2.75, 3.05) is 20.2 Å². The fourth-order valence-corrected chi connectivity index (χ4v) is 2.86. The van der Waals surface area contributed by atoms with E-state index in [-0.39, 0.29) is 0 Å². The number of nitrogens with one attached hydrogen (secondary N) is 1. The summed E-state index contributed by atoms with van der Waals surface area (Å²) in [5.41, 5.74) is 1.10. The van der Waals surface area contributed by atoms with Crippen molar-refractivity contribution < 1.29 is 9.53 Å². The third kappa shape index (κ3) is 2.27. The molecule has 2 aromatic rings. The van der Waals surface area contributed by atoms with Crippen LogP contribution in [0.15, 0.2) is 18.3 Å². The van der Waals surface area contributed by atoms with Crippen molar-refractivity contribution in [3.63, 3.8) is 0 Å². The summed E-state index contributed by atoms with van der Waals surface area (Å²) in [5.74, 6) is 0.815. The van der Waals surface area contributed by atoms with E-state index in [1.807, 2.05) is 16.7 Å². The number of fused-ring (bicyclic) bond motifs is 1. The molecule has 3 rings (SSSR count). The van der Waals surface area contributed by atoms with Crippen LogP contribution in [0.25, 0.3) is 5.52 Å². The molecule has 106 valence electrons. The van der Waals surface area contributed by atoms with Crippen LogP contribution in [0.2, 0.25) is 5.02 Å². The molecule has 20 heavy (non-hydrogen) atoms. The maximum Gasteiger partial charge on any atom is 0.358 e. The number of nitrogens with zero attached hydrogens (tertiary/aromatic N) is 2. The van der Waals surface area contributed by atoms with Gasteiger partial charge in [0.2, 0.25) is 0 Å². The third-order valence-electron chi connectivity index (χ3n) is 3.71. The monoisotopic (exact) mass is 293 g/mol. The molecule has 1 aliphatic rings. The number of methoxy groups -OCH3 is 1. The van der Waals surface area contributed by atoms with E-state index in [0.29, 0.717) is 16.6 Å². The van der Waals surface area contributed by atoms with E-state index in [2.05, 4.69) is 10.3 Å². The van der Waals surface area contributed by atoms with Gasteiger partial charge >= 0.3 is 5.97 Å². The van der Waals surface area contributed by atoms with Crippen molar-refractivity contribution in [3.05, 3.63) is 34.9 Å². The lowest BCUT2D eigenvalue weighted by molar-refractivity contribution is 0.0596. The van der Waals surface area contributed by atoms with E-state index in [1.54, 1.807) is 6.07 Å². The van der Waals surface area contributed by atoms with Crippen molar-refractivity contribution in [3.8, 4) is 0 Å². The normalized spacial score (nSPS) is 16.5. The quantitative estimate of drug-likeness (QED) is 0.863. The molecule has 3 heterocycles. The molecule has 6 heteroatoms. The molecule has 0 atom stereocenters. The first-order valence-corrected chi connectivity index (χ1v) is 7.05. The fraction of sp³-hybridized carbons (Fsp3) is 0.429.